The Kier molecular flexibility index (Phi) is 7.33. The second kappa shape index (κ2) is 10.6. The van der Waals surface area contributed by atoms with Crippen LogP contribution < -0.4 is 14.8 Å². The van der Waals surface area contributed by atoms with E-state index in [0.29, 0.717) is 54.0 Å². The van der Waals surface area contributed by atoms with E-state index in [1.165, 1.54) is 18.3 Å². The molecule has 4 rings (SSSR count). The van der Waals surface area contributed by atoms with E-state index in [9.17, 15) is 14.0 Å². The summed E-state index contributed by atoms with van der Waals surface area (Å²) in [4.78, 5) is 31.7. The first-order valence-electron chi connectivity index (χ1n) is 11.5. The Labute approximate surface area is 203 Å². The fourth-order valence-electron chi connectivity index (χ4n) is 4.34. The number of benzene rings is 2. The van der Waals surface area contributed by atoms with Crippen LogP contribution in [0.5, 0.6) is 11.5 Å². The highest BCUT2D eigenvalue weighted by Crippen LogP contribution is 2.39. The average Bonchev–Trinajstić information content (AvgIpc) is 2.88. The molecule has 2 heterocycles. The summed E-state index contributed by atoms with van der Waals surface area (Å²) in [7, 11) is 3.10. The van der Waals surface area contributed by atoms with Gasteiger partial charge < -0.3 is 24.4 Å². The van der Waals surface area contributed by atoms with E-state index < -0.39 is 11.8 Å². The Hall–Kier alpha value is -3.88. The quantitative estimate of drug-likeness (QED) is 0.504. The van der Waals surface area contributed by atoms with Gasteiger partial charge in [-0.25, -0.2) is 9.18 Å². The highest BCUT2D eigenvalue weighted by atomic mass is 19.1. The van der Waals surface area contributed by atoms with Crippen molar-refractivity contribution >= 4 is 28.5 Å². The van der Waals surface area contributed by atoms with E-state index in [-0.39, 0.29) is 29.7 Å². The molecule has 1 aromatic heterocycles. The van der Waals surface area contributed by atoms with Gasteiger partial charge >= 0.3 is 5.97 Å². The van der Waals surface area contributed by atoms with Gasteiger partial charge in [0, 0.05) is 25.3 Å². The number of likely N-dealkylation sites (tertiary alicyclic amines) is 1. The number of halogens is 1. The number of fused-ring (bicyclic) bond motifs is 1. The van der Waals surface area contributed by atoms with Crippen molar-refractivity contribution in [1.82, 2.24) is 9.88 Å². The molecule has 8 nitrogen and oxygen atoms in total. The SMILES string of the molecule is CCOC(=O)c1cnc2c(OC)ccc(OC)c2c1NC1CCN(C(=O)c2ccccc2F)CC1. The van der Waals surface area contributed by atoms with Crippen molar-refractivity contribution < 1.29 is 28.2 Å². The second-order valence-electron chi connectivity index (χ2n) is 8.15. The van der Waals surface area contributed by atoms with Crippen LogP contribution in [0.25, 0.3) is 10.9 Å². The summed E-state index contributed by atoms with van der Waals surface area (Å²) < 4.78 is 30.4. The number of nitrogens with zero attached hydrogens (tertiary/aromatic N) is 2. The zero-order valence-electron chi connectivity index (χ0n) is 20.0. The number of carbonyl (C=O) groups excluding carboxylic acids is 2. The highest BCUT2D eigenvalue weighted by molar-refractivity contribution is 6.08. The number of esters is 1. The zero-order valence-corrected chi connectivity index (χ0v) is 20.0. The van der Waals surface area contributed by atoms with Gasteiger partial charge in [0.1, 0.15) is 28.4 Å². The molecular formula is C26H28FN3O5. The van der Waals surface area contributed by atoms with Gasteiger partial charge in [-0.3, -0.25) is 9.78 Å². The van der Waals surface area contributed by atoms with Crippen molar-refractivity contribution in [1.29, 1.82) is 0 Å². The molecule has 1 saturated heterocycles. The first kappa shape index (κ1) is 24.3. The number of methoxy groups -OCH3 is 2. The van der Waals surface area contributed by atoms with Crippen molar-refractivity contribution in [3.05, 3.63) is 59.5 Å². The molecule has 35 heavy (non-hydrogen) atoms. The minimum Gasteiger partial charge on any atom is -0.496 e. The molecule has 0 unspecified atom stereocenters. The minimum absolute atomic E-state index is 0.0469. The molecule has 0 saturated carbocycles. The van der Waals surface area contributed by atoms with Crippen LogP contribution in [0.3, 0.4) is 0 Å². The number of rotatable bonds is 7. The van der Waals surface area contributed by atoms with E-state index in [1.807, 2.05) is 0 Å². The second-order valence-corrected chi connectivity index (χ2v) is 8.15. The number of piperidine rings is 1. The maximum Gasteiger partial charge on any atom is 0.341 e. The predicted octanol–water partition coefficient (Wildman–Crippen LogP) is 4.28. The van der Waals surface area contributed by atoms with Crippen LogP contribution in [-0.4, -0.2) is 61.7 Å². The molecule has 9 heteroatoms. The Morgan fingerprint density at radius 1 is 1.06 bits per heavy atom. The van der Waals surface area contributed by atoms with Crippen LogP contribution in [-0.2, 0) is 4.74 Å². The van der Waals surface area contributed by atoms with Crippen molar-refractivity contribution in [2.24, 2.45) is 0 Å². The lowest BCUT2D eigenvalue weighted by Gasteiger charge is -2.33. The molecule has 2 aromatic carbocycles. The number of pyridine rings is 1. The van der Waals surface area contributed by atoms with Crippen molar-refractivity contribution in [2.45, 2.75) is 25.8 Å². The average molecular weight is 482 g/mol. The lowest BCUT2D eigenvalue weighted by molar-refractivity contribution is 0.0527. The van der Waals surface area contributed by atoms with E-state index >= 15 is 0 Å². The van der Waals surface area contributed by atoms with Crippen LogP contribution in [0.4, 0.5) is 10.1 Å². The van der Waals surface area contributed by atoms with Gasteiger partial charge in [0.2, 0.25) is 0 Å². The van der Waals surface area contributed by atoms with E-state index in [2.05, 4.69) is 10.3 Å². The maximum absolute atomic E-state index is 14.1. The maximum atomic E-state index is 14.1. The third kappa shape index (κ3) is 4.84. The number of ether oxygens (including phenoxy) is 3. The molecule has 3 aromatic rings. The molecular weight excluding hydrogens is 453 g/mol. The lowest BCUT2D eigenvalue weighted by atomic mass is 10.0. The van der Waals surface area contributed by atoms with Gasteiger partial charge in [-0.2, -0.15) is 0 Å². The van der Waals surface area contributed by atoms with E-state index in [1.54, 1.807) is 50.3 Å². The van der Waals surface area contributed by atoms with Gasteiger partial charge in [0.15, 0.2) is 0 Å². The minimum atomic E-state index is -0.527. The van der Waals surface area contributed by atoms with Gasteiger partial charge in [-0.05, 0) is 44.0 Å². The summed E-state index contributed by atoms with van der Waals surface area (Å²) in [5.41, 5.74) is 1.45. The fourth-order valence-corrected chi connectivity index (χ4v) is 4.34. The predicted molar refractivity (Wildman–Crippen MR) is 130 cm³/mol. The standard InChI is InChI=1S/C26H28FN3O5/c1-4-35-26(32)18-15-28-24-21(34-3)10-9-20(33-2)22(24)23(18)29-16-11-13-30(14-12-16)25(31)17-7-5-6-8-19(17)27/h5-10,15-16H,4,11-14H2,1-3H3,(H,28,29). The van der Waals surface area contributed by atoms with Crippen LogP contribution in [0.15, 0.2) is 42.6 Å². The van der Waals surface area contributed by atoms with E-state index in [0.717, 1.165) is 0 Å². The zero-order chi connectivity index (χ0) is 24.9. The van der Waals surface area contributed by atoms with Crippen molar-refractivity contribution in [3.8, 4) is 11.5 Å². The van der Waals surface area contributed by atoms with Crippen LogP contribution in [0, 0.1) is 5.82 Å². The third-order valence-electron chi connectivity index (χ3n) is 6.11. The lowest BCUT2D eigenvalue weighted by Crippen LogP contribution is -2.42. The Bertz CT molecular complexity index is 1240. The summed E-state index contributed by atoms with van der Waals surface area (Å²) in [6.07, 6.45) is 2.69. The first-order chi connectivity index (χ1) is 17.0. The molecule has 1 N–H and O–H groups in total. The number of hydrogen-bond acceptors (Lipinski definition) is 7. The summed E-state index contributed by atoms with van der Waals surface area (Å²) in [5.74, 6) is -0.268. The molecule has 1 aliphatic heterocycles. The van der Waals surface area contributed by atoms with Gasteiger partial charge in [-0.1, -0.05) is 12.1 Å². The number of amides is 1. The number of aromatic nitrogens is 1. The molecule has 1 amide bonds. The molecule has 0 radical (unpaired) electrons. The topological polar surface area (TPSA) is 90.0 Å². The summed E-state index contributed by atoms with van der Waals surface area (Å²) in [6.45, 7) is 2.86. The third-order valence-corrected chi connectivity index (χ3v) is 6.11. The van der Waals surface area contributed by atoms with Crippen molar-refractivity contribution in [2.75, 3.05) is 39.2 Å². The Morgan fingerprint density at radius 2 is 1.74 bits per heavy atom. The van der Waals surface area contributed by atoms with Gasteiger partial charge in [0.25, 0.3) is 5.91 Å². The summed E-state index contributed by atoms with van der Waals surface area (Å²) >= 11 is 0. The normalized spacial score (nSPS) is 14.0. The first-order valence-corrected chi connectivity index (χ1v) is 11.5. The molecule has 0 spiro atoms. The molecule has 1 fully saturated rings. The van der Waals surface area contributed by atoms with Crippen LogP contribution in [0.2, 0.25) is 0 Å². The van der Waals surface area contributed by atoms with Crippen LogP contribution >= 0.6 is 0 Å². The Balaban J connectivity index is 1.63. The highest BCUT2D eigenvalue weighted by Gasteiger charge is 2.28. The van der Waals surface area contributed by atoms with E-state index in [4.69, 9.17) is 14.2 Å². The van der Waals surface area contributed by atoms with Gasteiger partial charge in [0.05, 0.1) is 37.5 Å². The molecule has 0 aliphatic carbocycles. The number of anilines is 1. The molecule has 0 bridgehead atoms. The van der Waals surface area contributed by atoms with Crippen LogP contribution in [0.1, 0.15) is 40.5 Å². The molecule has 184 valence electrons. The molecule has 0 atom stereocenters. The number of carbonyl (C=O) groups is 2. The summed E-state index contributed by atoms with van der Waals surface area (Å²) in [6, 6.07) is 9.47. The fraction of sp³-hybridized carbons (Fsp3) is 0.346. The monoisotopic (exact) mass is 481 g/mol. The number of hydrogen-bond donors (Lipinski definition) is 1. The smallest absolute Gasteiger partial charge is 0.341 e. The summed E-state index contributed by atoms with van der Waals surface area (Å²) in [5, 5.41) is 4.09. The van der Waals surface area contributed by atoms with Gasteiger partial charge in [-0.15, -0.1) is 0 Å². The largest absolute Gasteiger partial charge is 0.496 e. The Morgan fingerprint density at radius 3 is 2.40 bits per heavy atom. The molecule has 1 aliphatic rings. The number of nitrogens with one attached hydrogen (secondary N) is 1. The van der Waals surface area contributed by atoms with Crippen molar-refractivity contribution in [3.63, 3.8) is 0 Å².